The molecule has 5 heteroatoms. The van der Waals surface area contributed by atoms with E-state index in [9.17, 15) is 4.79 Å². The number of carboxylic acids is 1. The van der Waals surface area contributed by atoms with Crippen LogP contribution >= 0.6 is 31.9 Å². The molecule has 0 aromatic heterocycles. The van der Waals surface area contributed by atoms with Gasteiger partial charge < -0.3 is 5.11 Å². The van der Waals surface area contributed by atoms with E-state index in [4.69, 9.17) is 10.4 Å². The average Bonchev–Trinajstić information content (AvgIpc) is 2.10. The number of hydrogen-bond donors (Lipinski definition) is 1. The molecule has 0 fully saturated rings. The van der Waals surface area contributed by atoms with E-state index >= 15 is 0 Å². The average molecular weight is 319 g/mol. The molecule has 0 radical (unpaired) electrons. The first-order chi connectivity index (χ1) is 6.54. The Balaban J connectivity index is 3.18. The van der Waals surface area contributed by atoms with Crippen LogP contribution in [-0.2, 0) is 11.2 Å². The van der Waals surface area contributed by atoms with Crippen molar-refractivity contribution < 1.29 is 9.90 Å². The van der Waals surface area contributed by atoms with E-state index in [1.807, 2.05) is 6.07 Å². The van der Waals surface area contributed by atoms with Crippen molar-refractivity contribution in [1.82, 2.24) is 0 Å². The van der Waals surface area contributed by atoms with Crippen LogP contribution in [0.2, 0.25) is 0 Å². The van der Waals surface area contributed by atoms with Crippen LogP contribution in [-0.4, -0.2) is 11.1 Å². The van der Waals surface area contributed by atoms with E-state index in [2.05, 4.69) is 31.9 Å². The molecule has 0 bridgehead atoms. The Kier molecular flexibility index (Phi) is 3.67. The van der Waals surface area contributed by atoms with E-state index in [0.29, 0.717) is 20.1 Å². The fraction of sp³-hybridized carbons (Fsp3) is 0.111. The van der Waals surface area contributed by atoms with Crippen molar-refractivity contribution in [2.45, 2.75) is 6.42 Å². The molecule has 14 heavy (non-hydrogen) atoms. The van der Waals surface area contributed by atoms with Gasteiger partial charge in [0.15, 0.2) is 0 Å². The summed E-state index contributed by atoms with van der Waals surface area (Å²) in [5.41, 5.74) is 1.03. The number of benzene rings is 1. The standard InChI is InChI=1S/C9H5Br2NO2/c10-7-2-5(3-8(13)14)1-6(4-12)9(7)11/h1-2H,3H2,(H,13,14). The number of hydrogen-bond acceptors (Lipinski definition) is 2. The van der Waals surface area contributed by atoms with Crippen LogP contribution in [0.4, 0.5) is 0 Å². The van der Waals surface area contributed by atoms with Gasteiger partial charge in [-0.25, -0.2) is 0 Å². The minimum absolute atomic E-state index is 0.0828. The van der Waals surface area contributed by atoms with Gasteiger partial charge in [0.1, 0.15) is 6.07 Å². The van der Waals surface area contributed by atoms with Gasteiger partial charge in [0.2, 0.25) is 0 Å². The van der Waals surface area contributed by atoms with Crippen molar-refractivity contribution in [2.24, 2.45) is 0 Å². The van der Waals surface area contributed by atoms with Gasteiger partial charge in [-0.15, -0.1) is 0 Å². The molecule has 0 aliphatic carbocycles. The Morgan fingerprint density at radius 3 is 2.64 bits per heavy atom. The first kappa shape index (κ1) is 11.2. The van der Waals surface area contributed by atoms with Crippen molar-refractivity contribution in [3.8, 4) is 6.07 Å². The lowest BCUT2D eigenvalue weighted by atomic mass is 10.1. The van der Waals surface area contributed by atoms with E-state index in [-0.39, 0.29) is 6.42 Å². The van der Waals surface area contributed by atoms with E-state index in [1.165, 1.54) is 0 Å². The molecular formula is C9H5Br2NO2. The lowest BCUT2D eigenvalue weighted by Gasteiger charge is -2.02. The van der Waals surface area contributed by atoms with Crippen molar-refractivity contribution >= 4 is 37.8 Å². The molecule has 0 saturated heterocycles. The molecule has 0 heterocycles. The van der Waals surface area contributed by atoms with Crippen LogP contribution < -0.4 is 0 Å². The molecule has 1 rings (SSSR count). The zero-order chi connectivity index (χ0) is 10.7. The molecule has 0 unspecified atom stereocenters. The number of nitrogens with zero attached hydrogens (tertiary/aromatic N) is 1. The number of carboxylic acid groups (broad SMARTS) is 1. The summed E-state index contributed by atoms with van der Waals surface area (Å²) in [6.07, 6.45) is -0.0828. The third-order valence-corrected chi connectivity index (χ3v) is 3.58. The minimum Gasteiger partial charge on any atom is -0.481 e. The van der Waals surface area contributed by atoms with E-state index in [1.54, 1.807) is 12.1 Å². The van der Waals surface area contributed by atoms with Gasteiger partial charge in [0.25, 0.3) is 0 Å². The SMILES string of the molecule is N#Cc1cc(CC(=O)O)cc(Br)c1Br. The number of halogens is 2. The maximum atomic E-state index is 10.5. The van der Waals surface area contributed by atoms with Crippen molar-refractivity contribution in [2.75, 3.05) is 0 Å². The molecule has 0 saturated carbocycles. The third kappa shape index (κ3) is 2.56. The fourth-order valence-electron chi connectivity index (χ4n) is 1.00. The van der Waals surface area contributed by atoms with Crippen molar-refractivity contribution in [1.29, 1.82) is 5.26 Å². The molecule has 0 spiro atoms. The molecule has 1 aromatic carbocycles. The van der Waals surface area contributed by atoms with Crippen molar-refractivity contribution in [3.63, 3.8) is 0 Å². The van der Waals surface area contributed by atoms with Gasteiger partial charge in [-0.3, -0.25) is 4.79 Å². The highest BCUT2D eigenvalue weighted by Crippen LogP contribution is 2.28. The number of rotatable bonds is 2. The summed E-state index contributed by atoms with van der Waals surface area (Å²) in [6, 6.07) is 5.22. The second-order valence-corrected chi connectivity index (χ2v) is 4.27. The van der Waals surface area contributed by atoms with Gasteiger partial charge in [0, 0.05) is 8.95 Å². The summed E-state index contributed by atoms with van der Waals surface area (Å²) < 4.78 is 1.34. The monoisotopic (exact) mass is 317 g/mol. The molecule has 1 N–H and O–H groups in total. The predicted octanol–water partition coefficient (Wildman–Crippen LogP) is 2.71. The maximum Gasteiger partial charge on any atom is 0.307 e. The Labute approximate surface area is 97.6 Å². The van der Waals surface area contributed by atoms with Crippen LogP contribution in [0.25, 0.3) is 0 Å². The highest BCUT2D eigenvalue weighted by molar-refractivity contribution is 9.13. The maximum absolute atomic E-state index is 10.5. The second kappa shape index (κ2) is 4.58. The highest BCUT2D eigenvalue weighted by atomic mass is 79.9. The topological polar surface area (TPSA) is 61.1 Å². The van der Waals surface area contributed by atoms with Crippen molar-refractivity contribution in [3.05, 3.63) is 32.2 Å². The van der Waals surface area contributed by atoms with Gasteiger partial charge in [-0.05, 0) is 49.6 Å². The summed E-state index contributed by atoms with van der Waals surface area (Å²) in [7, 11) is 0. The molecule has 0 atom stereocenters. The van der Waals surface area contributed by atoms with Crippen LogP contribution in [0.5, 0.6) is 0 Å². The van der Waals surface area contributed by atoms with Gasteiger partial charge in [-0.1, -0.05) is 0 Å². The van der Waals surface area contributed by atoms with Gasteiger partial charge in [0.05, 0.1) is 12.0 Å². The normalized spacial score (nSPS) is 9.50. The Morgan fingerprint density at radius 2 is 2.14 bits per heavy atom. The molecule has 0 aliphatic heterocycles. The van der Waals surface area contributed by atoms with Crippen LogP contribution in [0.15, 0.2) is 21.1 Å². The van der Waals surface area contributed by atoms with Gasteiger partial charge in [-0.2, -0.15) is 5.26 Å². The Hall–Kier alpha value is -0.860. The minimum atomic E-state index is -0.914. The number of aliphatic carboxylic acids is 1. The largest absolute Gasteiger partial charge is 0.481 e. The molecule has 0 aliphatic rings. The van der Waals surface area contributed by atoms with Crippen LogP contribution in [0.1, 0.15) is 11.1 Å². The second-order valence-electron chi connectivity index (χ2n) is 2.62. The van der Waals surface area contributed by atoms with Crippen LogP contribution in [0.3, 0.4) is 0 Å². The zero-order valence-electron chi connectivity index (χ0n) is 6.92. The summed E-state index contributed by atoms with van der Waals surface area (Å²) >= 11 is 6.46. The Morgan fingerprint density at radius 1 is 1.50 bits per heavy atom. The first-order valence-electron chi connectivity index (χ1n) is 3.64. The van der Waals surface area contributed by atoms with E-state index in [0.717, 1.165) is 0 Å². The molecule has 3 nitrogen and oxygen atoms in total. The number of carbonyl (C=O) groups is 1. The lowest BCUT2D eigenvalue weighted by Crippen LogP contribution is -2.00. The highest BCUT2D eigenvalue weighted by Gasteiger charge is 2.08. The molecular weight excluding hydrogens is 314 g/mol. The summed E-state index contributed by atoms with van der Waals surface area (Å²) in [5, 5.41) is 17.3. The molecule has 0 amide bonds. The van der Waals surface area contributed by atoms with E-state index < -0.39 is 5.97 Å². The summed E-state index contributed by atoms with van der Waals surface area (Å²) in [6.45, 7) is 0. The Bertz CT molecular complexity index is 424. The number of nitriles is 1. The molecule has 1 aromatic rings. The zero-order valence-corrected chi connectivity index (χ0v) is 10.1. The predicted molar refractivity (Wildman–Crippen MR) is 57.9 cm³/mol. The lowest BCUT2D eigenvalue weighted by molar-refractivity contribution is -0.136. The first-order valence-corrected chi connectivity index (χ1v) is 5.23. The third-order valence-electron chi connectivity index (χ3n) is 1.56. The summed E-state index contributed by atoms with van der Waals surface area (Å²) in [4.78, 5) is 10.5. The summed E-state index contributed by atoms with van der Waals surface area (Å²) in [5.74, 6) is -0.914. The quantitative estimate of drug-likeness (QED) is 0.912. The van der Waals surface area contributed by atoms with Crippen LogP contribution in [0, 0.1) is 11.3 Å². The van der Waals surface area contributed by atoms with Gasteiger partial charge >= 0.3 is 5.97 Å². The molecule has 72 valence electrons. The smallest absolute Gasteiger partial charge is 0.307 e. The fourth-order valence-corrected chi connectivity index (χ4v) is 1.83.